The number of nitrogens with one attached hydrogen (secondary N) is 1. The topological polar surface area (TPSA) is 105 Å². The minimum atomic E-state index is -4.30. The molecular formula is C50H98N2O6P+. The minimum absolute atomic E-state index is 0.0744. The van der Waals surface area contributed by atoms with E-state index >= 15 is 0 Å². The highest BCUT2D eigenvalue weighted by Gasteiger charge is 2.28. The lowest BCUT2D eigenvalue weighted by atomic mass is 10.0. The Labute approximate surface area is 366 Å². The predicted octanol–water partition coefficient (Wildman–Crippen LogP) is 14.3. The second-order valence-electron chi connectivity index (χ2n) is 18.2. The van der Waals surface area contributed by atoms with E-state index in [1.807, 2.05) is 21.1 Å². The molecule has 59 heavy (non-hydrogen) atoms. The molecule has 8 nitrogen and oxygen atoms in total. The summed E-state index contributed by atoms with van der Waals surface area (Å²) in [5.74, 6) is -0.149. The molecule has 0 aliphatic heterocycles. The van der Waals surface area contributed by atoms with Gasteiger partial charge in [-0.3, -0.25) is 13.8 Å². The predicted molar refractivity (Wildman–Crippen MR) is 254 cm³/mol. The van der Waals surface area contributed by atoms with Gasteiger partial charge in [-0.2, -0.15) is 0 Å². The molecule has 1 amide bonds. The molecule has 0 heterocycles. The Morgan fingerprint density at radius 2 is 0.966 bits per heavy atom. The smallest absolute Gasteiger partial charge is 0.391 e. The quantitative estimate of drug-likeness (QED) is 0.0244. The van der Waals surface area contributed by atoms with Crippen LogP contribution in [0.3, 0.4) is 0 Å². The Morgan fingerprint density at radius 1 is 0.576 bits per heavy atom. The van der Waals surface area contributed by atoms with Crippen molar-refractivity contribution in [3.63, 3.8) is 0 Å². The highest BCUT2D eigenvalue weighted by Crippen LogP contribution is 2.43. The molecule has 3 N–H and O–H groups in total. The summed E-state index contributed by atoms with van der Waals surface area (Å²) in [6, 6.07) is -0.756. The van der Waals surface area contributed by atoms with Crippen LogP contribution in [-0.2, 0) is 18.4 Å². The second-order valence-corrected chi connectivity index (χ2v) is 19.6. The van der Waals surface area contributed by atoms with E-state index in [0.29, 0.717) is 23.9 Å². The third-order valence-electron chi connectivity index (χ3n) is 11.1. The van der Waals surface area contributed by atoms with Gasteiger partial charge in [-0.05, 0) is 51.4 Å². The number of nitrogens with zero attached hydrogens (tertiary/aromatic N) is 1. The third kappa shape index (κ3) is 44.6. The molecule has 348 valence electrons. The molecular weight excluding hydrogens is 756 g/mol. The highest BCUT2D eigenvalue weighted by atomic mass is 31.2. The summed E-state index contributed by atoms with van der Waals surface area (Å²) < 4.78 is 23.5. The lowest BCUT2D eigenvalue weighted by Crippen LogP contribution is -2.46. The number of likely N-dealkylation sites (N-methyl/N-ethyl adjacent to an activating group) is 1. The number of quaternary nitrogens is 1. The first kappa shape index (κ1) is 57.7. The van der Waals surface area contributed by atoms with E-state index in [1.165, 1.54) is 148 Å². The van der Waals surface area contributed by atoms with Gasteiger partial charge in [0.25, 0.3) is 0 Å². The van der Waals surface area contributed by atoms with Crippen molar-refractivity contribution >= 4 is 13.7 Å². The Morgan fingerprint density at radius 3 is 1.41 bits per heavy atom. The van der Waals surface area contributed by atoms with Crippen LogP contribution in [0.2, 0.25) is 0 Å². The van der Waals surface area contributed by atoms with Crippen LogP contribution in [0.25, 0.3) is 0 Å². The SMILES string of the molecule is CCCCCCC/C=C\C/C=C\C/C=C\CCCCCCCCCCCCCCCCCCC(=O)NC(COP(=O)(O)OCC[N+](C)(C)C)C(O)CCCCCCCC. The molecule has 0 bridgehead atoms. The fourth-order valence-corrected chi connectivity index (χ4v) is 7.91. The van der Waals surface area contributed by atoms with Crippen molar-refractivity contribution in [1.82, 2.24) is 5.32 Å². The zero-order valence-corrected chi connectivity index (χ0v) is 40.4. The zero-order chi connectivity index (χ0) is 43.6. The van der Waals surface area contributed by atoms with Gasteiger partial charge in [0.05, 0.1) is 39.9 Å². The molecule has 0 aliphatic rings. The number of aliphatic hydroxyl groups excluding tert-OH is 1. The maximum atomic E-state index is 12.8. The van der Waals surface area contributed by atoms with E-state index in [9.17, 15) is 19.4 Å². The fourth-order valence-electron chi connectivity index (χ4n) is 7.17. The van der Waals surface area contributed by atoms with E-state index < -0.39 is 20.0 Å². The standard InChI is InChI=1S/C50H97N2O6P/c1-6-8-10-12-14-15-16-17-18-19-20-21-22-23-24-25-26-27-28-29-30-31-32-33-34-35-36-37-38-40-42-44-50(54)51-48(49(53)43-41-39-13-11-9-7-2)47-58-59(55,56)57-46-45-52(3,4)5/h16-17,19-20,22-23,48-49,53H,6-15,18,21,24-47H2,1-5H3,(H-,51,54,55,56)/p+1/b17-16-,20-19-,23-22-. The fraction of sp³-hybridized carbons (Fsp3) is 0.860. The summed E-state index contributed by atoms with van der Waals surface area (Å²) >= 11 is 0. The average molecular weight is 854 g/mol. The molecule has 0 aliphatic carbocycles. The van der Waals surface area contributed by atoms with Crippen LogP contribution in [0, 0.1) is 0 Å². The zero-order valence-electron chi connectivity index (χ0n) is 39.5. The molecule has 0 saturated heterocycles. The number of phosphoric ester groups is 1. The Hall–Kier alpha value is -1.28. The van der Waals surface area contributed by atoms with Gasteiger partial charge in [0.15, 0.2) is 0 Å². The Balaban J connectivity index is 3.89. The van der Waals surface area contributed by atoms with E-state index in [1.54, 1.807) is 0 Å². The van der Waals surface area contributed by atoms with Crippen LogP contribution in [-0.4, -0.2) is 73.4 Å². The van der Waals surface area contributed by atoms with Crippen LogP contribution in [0.15, 0.2) is 36.5 Å². The number of aliphatic hydroxyl groups is 1. The van der Waals surface area contributed by atoms with Crippen molar-refractivity contribution in [3.05, 3.63) is 36.5 Å². The number of hydrogen-bond acceptors (Lipinski definition) is 5. The molecule has 0 aromatic carbocycles. The summed E-state index contributed by atoms with van der Waals surface area (Å²) in [4.78, 5) is 23.0. The van der Waals surface area contributed by atoms with Crippen molar-refractivity contribution in [1.29, 1.82) is 0 Å². The molecule has 0 radical (unpaired) electrons. The van der Waals surface area contributed by atoms with Gasteiger partial charge < -0.3 is 19.8 Å². The van der Waals surface area contributed by atoms with Gasteiger partial charge in [-0.25, -0.2) is 4.57 Å². The summed E-state index contributed by atoms with van der Waals surface area (Å²) in [5.41, 5.74) is 0. The molecule has 0 aromatic rings. The van der Waals surface area contributed by atoms with Crippen molar-refractivity contribution < 1.29 is 32.9 Å². The number of unbranched alkanes of at least 4 members (excludes halogenated alkanes) is 26. The molecule has 0 rings (SSSR count). The van der Waals surface area contributed by atoms with Crippen LogP contribution in [0.4, 0.5) is 0 Å². The first-order valence-corrected chi connectivity index (χ1v) is 26.3. The molecule has 0 fully saturated rings. The molecule has 3 unspecified atom stereocenters. The number of rotatable bonds is 45. The van der Waals surface area contributed by atoms with E-state index in [4.69, 9.17) is 9.05 Å². The van der Waals surface area contributed by atoms with Crippen molar-refractivity contribution in [2.75, 3.05) is 40.9 Å². The molecule has 0 spiro atoms. The molecule has 0 aromatic heterocycles. The third-order valence-corrected chi connectivity index (χ3v) is 12.1. The summed E-state index contributed by atoms with van der Waals surface area (Å²) in [5, 5.41) is 13.8. The normalized spacial score (nSPS) is 14.5. The second kappa shape index (κ2) is 42.0. The molecule has 0 saturated carbocycles. The van der Waals surface area contributed by atoms with Gasteiger partial charge in [0, 0.05) is 6.42 Å². The Kier molecular flexibility index (Phi) is 41.1. The number of hydrogen-bond donors (Lipinski definition) is 3. The van der Waals surface area contributed by atoms with E-state index in [2.05, 4.69) is 55.6 Å². The van der Waals surface area contributed by atoms with Crippen LogP contribution >= 0.6 is 7.82 Å². The van der Waals surface area contributed by atoms with Gasteiger partial charge in [0.2, 0.25) is 5.91 Å². The number of amides is 1. The lowest BCUT2D eigenvalue weighted by Gasteiger charge is -2.26. The molecule has 9 heteroatoms. The van der Waals surface area contributed by atoms with E-state index in [0.717, 1.165) is 51.4 Å². The van der Waals surface area contributed by atoms with Gasteiger partial charge in [0.1, 0.15) is 13.2 Å². The van der Waals surface area contributed by atoms with Crippen LogP contribution in [0.1, 0.15) is 226 Å². The van der Waals surface area contributed by atoms with Crippen LogP contribution < -0.4 is 5.32 Å². The lowest BCUT2D eigenvalue weighted by molar-refractivity contribution is -0.870. The number of carbonyl (C=O) groups excluding carboxylic acids is 1. The maximum absolute atomic E-state index is 12.8. The van der Waals surface area contributed by atoms with Crippen LogP contribution in [0.5, 0.6) is 0 Å². The number of carbonyl (C=O) groups is 1. The largest absolute Gasteiger partial charge is 0.472 e. The van der Waals surface area contributed by atoms with Crippen molar-refractivity contribution in [2.45, 2.75) is 238 Å². The maximum Gasteiger partial charge on any atom is 0.472 e. The first-order valence-electron chi connectivity index (χ1n) is 24.9. The monoisotopic (exact) mass is 854 g/mol. The number of phosphoric acid groups is 1. The van der Waals surface area contributed by atoms with Crippen molar-refractivity contribution in [2.24, 2.45) is 0 Å². The van der Waals surface area contributed by atoms with Gasteiger partial charge >= 0.3 is 7.82 Å². The van der Waals surface area contributed by atoms with Gasteiger partial charge in [-0.1, -0.05) is 204 Å². The summed E-state index contributed by atoms with van der Waals surface area (Å²) in [6.07, 6.45) is 52.3. The Bertz CT molecular complexity index is 1060. The minimum Gasteiger partial charge on any atom is -0.391 e. The summed E-state index contributed by atoms with van der Waals surface area (Å²) in [7, 11) is 1.61. The average Bonchev–Trinajstić information content (AvgIpc) is 3.19. The highest BCUT2D eigenvalue weighted by molar-refractivity contribution is 7.47. The van der Waals surface area contributed by atoms with E-state index in [-0.39, 0.29) is 19.1 Å². The molecule has 3 atom stereocenters. The first-order chi connectivity index (χ1) is 28.5. The van der Waals surface area contributed by atoms with Gasteiger partial charge in [-0.15, -0.1) is 0 Å². The summed E-state index contributed by atoms with van der Waals surface area (Å²) in [6.45, 7) is 4.81. The number of allylic oxidation sites excluding steroid dienone is 6. The van der Waals surface area contributed by atoms with Crippen molar-refractivity contribution in [3.8, 4) is 0 Å².